The van der Waals surface area contributed by atoms with Crippen LogP contribution >= 0.6 is 0 Å². The van der Waals surface area contributed by atoms with Crippen molar-refractivity contribution in [3.63, 3.8) is 0 Å². The number of carbonyl (C=O) groups is 4. The van der Waals surface area contributed by atoms with Crippen molar-refractivity contribution < 1.29 is 39.2 Å². The number of ketones is 3. The van der Waals surface area contributed by atoms with Gasteiger partial charge in [0, 0.05) is 30.6 Å². The third-order valence-electron chi connectivity index (χ3n) is 10.9. The quantitative estimate of drug-likeness (QED) is 0.273. The SMILES string of the molecule is CC(=O)OC(C)(C)/C=C/C(=O)[C@](C)(O)[C@H]1[C@H](O)C[C@@]2(C)[C@@H]3CC=C4[C@@H](C[C@H](O)C(=O)C4(C)C)[C@@H]3C(=O)C[C@]12C. The monoisotopic (exact) mass is 544 g/mol. The van der Waals surface area contributed by atoms with Crippen molar-refractivity contribution in [3.05, 3.63) is 23.8 Å². The van der Waals surface area contributed by atoms with Crippen LogP contribution in [0.25, 0.3) is 0 Å². The van der Waals surface area contributed by atoms with Crippen LogP contribution in [0.3, 0.4) is 0 Å². The average Bonchev–Trinajstić information content (AvgIpc) is 3.00. The first kappa shape index (κ1) is 29.8. The number of aliphatic hydroxyl groups excluding tert-OH is 2. The van der Waals surface area contributed by atoms with Crippen LogP contribution in [0.15, 0.2) is 23.8 Å². The Morgan fingerprint density at radius 3 is 2.28 bits per heavy atom. The molecule has 0 saturated heterocycles. The zero-order valence-electron chi connectivity index (χ0n) is 24.4. The summed E-state index contributed by atoms with van der Waals surface area (Å²) in [5, 5.41) is 33.7. The molecule has 9 atom stereocenters. The van der Waals surface area contributed by atoms with E-state index in [-0.39, 0.29) is 36.2 Å². The van der Waals surface area contributed by atoms with Crippen LogP contribution in [-0.2, 0) is 23.9 Å². The second kappa shape index (κ2) is 9.18. The lowest BCUT2D eigenvalue weighted by molar-refractivity contribution is -0.170. The summed E-state index contributed by atoms with van der Waals surface area (Å²) in [6, 6.07) is 0. The van der Waals surface area contributed by atoms with Crippen LogP contribution < -0.4 is 0 Å². The van der Waals surface area contributed by atoms with Crippen LogP contribution in [0.2, 0.25) is 0 Å². The number of hydrogen-bond acceptors (Lipinski definition) is 8. The van der Waals surface area contributed by atoms with Crippen LogP contribution in [0.5, 0.6) is 0 Å². The molecule has 0 spiro atoms. The summed E-state index contributed by atoms with van der Waals surface area (Å²) >= 11 is 0. The number of aliphatic hydroxyl groups is 3. The molecule has 3 fully saturated rings. The normalized spacial score (nSPS) is 41.3. The molecule has 0 unspecified atom stereocenters. The molecule has 0 aromatic heterocycles. The van der Waals surface area contributed by atoms with Gasteiger partial charge in [-0.25, -0.2) is 0 Å². The summed E-state index contributed by atoms with van der Waals surface area (Å²) in [6.07, 6.45) is 3.66. The fourth-order valence-corrected chi connectivity index (χ4v) is 8.96. The highest BCUT2D eigenvalue weighted by Crippen LogP contribution is 2.71. The molecule has 3 saturated carbocycles. The molecule has 8 nitrogen and oxygen atoms in total. The van der Waals surface area contributed by atoms with Crippen molar-refractivity contribution >= 4 is 23.3 Å². The maximum atomic E-state index is 14.0. The Kier molecular flexibility index (Phi) is 7.02. The number of ether oxygens (including phenoxy) is 1. The van der Waals surface area contributed by atoms with E-state index in [0.29, 0.717) is 12.8 Å². The Balaban J connectivity index is 1.70. The van der Waals surface area contributed by atoms with Crippen molar-refractivity contribution in [1.29, 1.82) is 0 Å². The Hall–Kier alpha value is -2.16. The summed E-state index contributed by atoms with van der Waals surface area (Å²) in [5.74, 6) is -3.11. The molecule has 216 valence electrons. The minimum absolute atomic E-state index is 0.0122. The van der Waals surface area contributed by atoms with Gasteiger partial charge in [0.15, 0.2) is 11.6 Å². The zero-order valence-corrected chi connectivity index (χ0v) is 24.4. The first-order valence-electron chi connectivity index (χ1n) is 14.0. The van der Waals surface area contributed by atoms with E-state index >= 15 is 0 Å². The minimum atomic E-state index is -1.98. The smallest absolute Gasteiger partial charge is 0.303 e. The molecule has 0 aromatic rings. The molecule has 4 aliphatic rings. The fraction of sp³-hybridized carbons (Fsp3) is 0.742. The molecular formula is C31H44O8. The first-order chi connectivity index (χ1) is 17.7. The highest BCUT2D eigenvalue weighted by molar-refractivity contribution is 5.97. The maximum absolute atomic E-state index is 14.0. The average molecular weight is 545 g/mol. The third-order valence-corrected chi connectivity index (χ3v) is 10.9. The molecule has 4 rings (SSSR count). The van der Waals surface area contributed by atoms with E-state index in [4.69, 9.17) is 4.74 Å². The molecular weight excluding hydrogens is 500 g/mol. The minimum Gasteiger partial charge on any atom is -0.456 e. The van der Waals surface area contributed by atoms with Crippen LogP contribution in [0.1, 0.15) is 81.1 Å². The van der Waals surface area contributed by atoms with Crippen LogP contribution in [0, 0.1) is 39.9 Å². The summed E-state index contributed by atoms with van der Waals surface area (Å²) in [4.78, 5) is 51.5. The van der Waals surface area contributed by atoms with Gasteiger partial charge in [-0.15, -0.1) is 0 Å². The van der Waals surface area contributed by atoms with Gasteiger partial charge in [-0.1, -0.05) is 25.5 Å². The van der Waals surface area contributed by atoms with E-state index in [2.05, 4.69) is 13.0 Å². The molecule has 0 bridgehead atoms. The Bertz CT molecular complexity index is 1160. The number of rotatable bonds is 5. The number of fused-ring (bicyclic) bond motifs is 5. The van der Waals surface area contributed by atoms with E-state index in [0.717, 1.165) is 5.57 Å². The molecule has 8 heteroatoms. The van der Waals surface area contributed by atoms with Crippen molar-refractivity contribution in [2.75, 3.05) is 0 Å². The highest BCUT2D eigenvalue weighted by Gasteiger charge is 2.71. The maximum Gasteiger partial charge on any atom is 0.303 e. The number of Topliss-reactive ketones (excluding diaryl/α,β-unsaturated/α-hetero) is 2. The number of allylic oxidation sites excluding steroid dienone is 2. The Morgan fingerprint density at radius 2 is 1.69 bits per heavy atom. The number of carbonyl (C=O) groups excluding carboxylic acids is 4. The zero-order chi connectivity index (χ0) is 29.5. The van der Waals surface area contributed by atoms with Gasteiger partial charge in [-0.3, -0.25) is 19.2 Å². The lowest BCUT2D eigenvalue weighted by atomic mass is 9.43. The van der Waals surface area contributed by atoms with E-state index < -0.39 is 63.2 Å². The second-order valence-corrected chi connectivity index (χ2v) is 14.1. The number of esters is 1. The highest BCUT2D eigenvalue weighted by atomic mass is 16.6. The van der Waals surface area contributed by atoms with Crippen molar-refractivity contribution in [2.24, 2.45) is 39.9 Å². The molecule has 0 radical (unpaired) electrons. The molecule has 0 heterocycles. The van der Waals surface area contributed by atoms with Crippen molar-refractivity contribution in [2.45, 2.75) is 104 Å². The van der Waals surface area contributed by atoms with E-state index in [1.54, 1.807) is 13.8 Å². The first-order valence-corrected chi connectivity index (χ1v) is 14.0. The van der Waals surface area contributed by atoms with Gasteiger partial charge in [-0.2, -0.15) is 0 Å². The molecule has 4 aliphatic carbocycles. The third kappa shape index (κ3) is 4.38. The van der Waals surface area contributed by atoms with E-state index in [1.165, 1.54) is 26.0 Å². The van der Waals surface area contributed by atoms with Gasteiger partial charge in [0.25, 0.3) is 0 Å². The molecule has 3 N–H and O–H groups in total. The van der Waals surface area contributed by atoms with E-state index in [9.17, 15) is 34.5 Å². The summed E-state index contributed by atoms with van der Waals surface area (Å²) in [6.45, 7) is 13.5. The molecule has 0 aromatic carbocycles. The predicted octanol–water partition coefficient (Wildman–Crippen LogP) is 3.11. The van der Waals surface area contributed by atoms with Crippen LogP contribution in [0.4, 0.5) is 0 Å². The van der Waals surface area contributed by atoms with Crippen molar-refractivity contribution in [1.82, 2.24) is 0 Å². The van der Waals surface area contributed by atoms with Gasteiger partial charge in [0.2, 0.25) is 0 Å². The Labute approximate surface area is 230 Å². The summed E-state index contributed by atoms with van der Waals surface area (Å²) in [5.41, 5.74) is -4.45. The molecule has 0 aliphatic heterocycles. The van der Waals surface area contributed by atoms with Gasteiger partial charge >= 0.3 is 5.97 Å². The summed E-state index contributed by atoms with van der Waals surface area (Å²) in [7, 11) is 0. The predicted molar refractivity (Wildman–Crippen MR) is 143 cm³/mol. The van der Waals surface area contributed by atoms with Crippen molar-refractivity contribution in [3.8, 4) is 0 Å². The fourth-order valence-electron chi connectivity index (χ4n) is 8.96. The van der Waals surface area contributed by atoms with Gasteiger partial charge in [0.05, 0.1) is 6.10 Å². The second-order valence-electron chi connectivity index (χ2n) is 14.1. The molecule has 0 amide bonds. The van der Waals surface area contributed by atoms with Gasteiger partial charge < -0.3 is 20.1 Å². The largest absolute Gasteiger partial charge is 0.456 e. The lowest BCUT2D eigenvalue weighted by Gasteiger charge is -2.60. The number of hydrogen-bond donors (Lipinski definition) is 3. The molecule has 39 heavy (non-hydrogen) atoms. The summed E-state index contributed by atoms with van der Waals surface area (Å²) < 4.78 is 5.22. The van der Waals surface area contributed by atoms with Gasteiger partial charge in [-0.05, 0) is 88.7 Å². The standard InChI is InChI=1S/C31H44O8/c1-16(32)39-27(2,3)12-11-23(36)31(8,38)25-22(35)15-29(6)19-10-9-18-17(13-20(33)26(37)28(18,4)5)24(19)21(34)14-30(25,29)7/h9,11-12,17,19-20,22,24-25,33,35,38H,10,13-15H2,1-8H3/b12-11+/t17-,19-,20+,22-,24+,25+,29+,30-,31+/m1/s1. The van der Waals surface area contributed by atoms with E-state index in [1.807, 2.05) is 20.8 Å². The topological polar surface area (TPSA) is 138 Å². The Morgan fingerprint density at radius 1 is 1.08 bits per heavy atom. The lowest BCUT2D eigenvalue weighted by Crippen LogP contribution is -2.61. The van der Waals surface area contributed by atoms with Gasteiger partial charge in [0.1, 0.15) is 23.1 Å². The van der Waals surface area contributed by atoms with Crippen LogP contribution in [-0.4, -0.2) is 62.0 Å².